The first-order valence-electron chi connectivity index (χ1n) is 13.1. The number of benzene rings is 2. The second-order valence-corrected chi connectivity index (χ2v) is 13.1. The van der Waals surface area contributed by atoms with Crippen LogP contribution in [0.1, 0.15) is 24.3 Å². The van der Waals surface area contributed by atoms with Gasteiger partial charge in [-0.25, -0.2) is 8.42 Å². The summed E-state index contributed by atoms with van der Waals surface area (Å²) >= 11 is 3.43. The summed E-state index contributed by atoms with van der Waals surface area (Å²) in [5, 5.41) is 7.05. The zero-order valence-electron chi connectivity index (χ0n) is 22.1. The van der Waals surface area contributed by atoms with E-state index in [9.17, 15) is 13.2 Å². The Hall–Kier alpha value is -2.64. The third kappa shape index (κ3) is 6.58. The summed E-state index contributed by atoms with van der Waals surface area (Å²) in [6.45, 7) is 6.10. The molecule has 3 aromatic rings. The summed E-state index contributed by atoms with van der Waals surface area (Å²) in [6, 6.07) is 12.9. The summed E-state index contributed by atoms with van der Waals surface area (Å²) in [6.07, 6.45) is 1.38. The second kappa shape index (κ2) is 11.8. The molecule has 1 N–H and O–H groups in total. The number of anilines is 1. The van der Waals surface area contributed by atoms with Crippen molar-refractivity contribution in [3.8, 4) is 11.4 Å². The largest absolute Gasteiger partial charge is 0.338 e. The van der Waals surface area contributed by atoms with Crippen LogP contribution in [0.15, 0.2) is 56.4 Å². The van der Waals surface area contributed by atoms with Crippen molar-refractivity contribution in [3.63, 3.8) is 0 Å². The number of nitrogens with one attached hydrogen (secondary N) is 1. The van der Waals surface area contributed by atoms with Gasteiger partial charge < -0.3 is 14.7 Å². The fourth-order valence-electron chi connectivity index (χ4n) is 4.95. The van der Waals surface area contributed by atoms with E-state index in [1.807, 2.05) is 31.3 Å². The van der Waals surface area contributed by atoms with Gasteiger partial charge in [0.25, 0.3) is 0 Å². The molecule has 3 heterocycles. The average Bonchev–Trinajstić information content (AvgIpc) is 3.39. The number of aryl methyl sites for hydroxylation is 1. The van der Waals surface area contributed by atoms with Gasteiger partial charge in [0.15, 0.2) is 0 Å². The van der Waals surface area contributed by atoms with Crippen LogP contribution in [0.25, 0.3) is 11.4 Å². The highest BCUT2D eigenvalue weighted by Crippen LogP contribution is 2.27. The monoisotopic (exact) mass is 616 g/mol. The van der Waals surface area contributed by atoms with Gasteiger partial charge in [-0.3, -0.25) is 9.69 Å². The highest BCUT2D eigenvalue weighted by atomic mass is 79.9. The van der Waals surface area contributed by atoms with Crippen molar-refractivity contribution in [2.75, 3.05) is 51.6 Å². The number of rotatable bonds is 7. The number of nitrogens with zero attached hydrogens (tertiary/aromatic N) is 5. The van der Waals surface area contributed by atoms with Crippen molar-refractivity contribution in [2.24, 2.45) is 5.92 Å². The molecule has 10 nitrogen and oxygen atoms in total. The number of hydrogen-bond acceptors (Lipinski definition) is 8. The van der Waals surface area contributed by atoms with Gasteiger partial charge in [0, 0.05) is 47.8 Å². The molecule has 2 saturated heterocycles. The van der Waals surface area contributed by atoms with Crippen molar-refractivity contribution in [1.82, 2.24) is 24.2 Å². The molecule has 1 aromatic heterocycles. The van der Waals surface area contributed by atoms with E-state index in [1.165, 1.54) is 4.31 Å². The van der Waals surface area contributed by atoms with Gasteiger partial charge in [-0.1, -0.05) is 27.2 Å². The molecular formula is C27H33BrN6O4S. The van der Waals surface area contributed by atoms with E-state index in [-0.39, 0.29) is 16.7 Å². The Kier molecular flexibility index (Phi) is 8.48. The quantitative estimate of drug-likeness (QED) is 0.429. The minimum absolute atomic E-state index is 0.0863. The number of hydrogen-bond donors (Lipinski definition) is 1. The Balaban J connectivity index is 1.16. The van der Waals surface area contributed by atoms with Gasteiger partial charge in [0.05, 0.1) is 11.4 Å². The number of carbonyl (C=O) groups is 1. The van der Waals surface area contributed by atoms with Gasteiger partial charge in [-0.15, -0.1) is 0 Å². The van der Waals surface area contributed by atoms with Crippen LogP contribution in [0.2, 0.25) is 0 Å². The summed E-state index contributed by atoms with van der Waals surface area (Å²) < 4.78 is 34.6. The lowest BCUT2D eigenvalue weighted by Crippen LogP contribution is -2.47. The van der Waals surface area contributed by atoms with E-state index in [0.717, 1.165) is 23.1 Å². The Morgan fingerprint density at radius 1 is 1.05 bits per heavy atom. The number of aromatic nitrogens is 2. The molecule has 2 aromatic carbocycles. The molecule has 12 heteroatoms. The predicted octanol–water partition coefficient (Wildman–Crippen LogP) is 3.59. The topological polar surface area (TPSA) is 112 Å². The number of amides is 1. The zero-order valence-corrected chi connectivity index (χ0v) is 24.5. The lowest BCUT2D eigenvalue weighted by Gasteiger charge is -2.32. The molecule has 0 spiro atoms. The number of likely N-dealkylation sites (N-methyl/N-ethyl adjacent to an activating group) is 1. The van der Waals surface area contributed by atoms with E-state index >= 15 is 0 Å². The SMILES string of the molecule is Cc1ccc(NC(=O)C2CCN(Cc3nc(-c4ccc(Br)cc4)no3)CC2)cc1S(=O)(=O)N1CCN(C)CC1. The fraction of sp³-hybridized carbons (Fsp3) is 0.444. The molecule has 2 aliphatic rings. The number of piperazine rings is 1. The lowest BCUT2D eigenvalue weighted by atomic mass is 9.96. The molecular weight excluding hydrogens is 584 g/mol. The van der Waals surface area contributed by atoms with E-state index in [4.69, 9.17) is 4.52 Å². The average molecular weight is 618 g/mol. The predicted molar refractivity (Wildman–Crippen MR) is 151 cm³/mol. The minimum atomic E-state index is -3.63. The Bertz CT molecular complexity index is 1410. The maximum absolute atomic E-state index is 13.3. The first-order valence-corrected chi connectivity index (χ1v) is 15.3. The number of carbonyl (C=O) groups excluding carboxylic acids is 1. The van der Waals surface area contributed by atoms with Crippen LogP contribution in [0.4, 0.5) is 5.69 Å². The normalized spacial score (nSPS) is 18.3. The molecule has 0 unspecified atom stereocenters. The van der Waals surface area contributed by atoms with Crippen molar-refractivity contribution in [2.45, 2.75) is 31.2 Å². The van der Waals surface area contributed by atoms with Crippen molar-refractivity contribution in [3.05, 3.63) is 58.4 Å². The second-order valence-electron chi connectivity index (χ2n) is 10.2. The van der Waals surface area contributed by atoms with Crippen LogP contribution in [0.3, 0.4) is 0 Å². The molecule has 5 rings (SSSR count). The van der Waals surface area contributed by atoms with Crippen LogP contribution < -0.4 is 5.32 Å². The van der Waals surface area contributed by atoms with Crippen LogP contribution in [0.5, 0.6) is 0 Å². The van der Waals surface area contributed by atoms with E-state index < -0.39 is 10.0 Å². The van der Waals surface area contributed by atoms with Crippen molar-refractivity contribution >= 4 is 37.5 Å². The van der Waals surface area contributed by atoms with Gasteiger partial charge >= 0.3 is 0 Å². The molecule has 0 saturated carbocycles. The van der Waals surface area contributed by atoms with Crippen LogP contribution in [-0.4, -0.2) is 84.9 Å². The molecule has 0 aliphatic carbocycles. The summed E-state index contributed by atoms with van der Waals surface area (Å²) in [4.78, 5) is 22.1. The van der Waals surface area contributed by atoms with Crippen LogP contribution >= 0.6 is 15.9 Å². The molecule has 0 bridgehead atoms. The standard InChI is InChI=1S/C27H33BrN6O4S/c1-19-3-8-23(17-24(19)39(36,37)34-15-13-32(2)14-16-34)29-27(35)21-9-11-33(12-10-21)18-25-30-26(31-38-25)20-4-6-22(28)7-5-20/h3-8,17,21H,9-16,18H2,1-2H3,(H,29,35). The molecule has 39 heavy (non-hydrogen) atoms. The zero-order chi connectivity index (χ0) is 27.6. The minimum Gasteiger partial charge on any atom is -0.338 e. The van der Waals surface area contributed by atoms with Crippen LogP contribution in [-0.2, 0) is 21.4 Å². The highest BCUT2D eigenvalue weighted by molar-refractivity contribution is 9.10. The molecule has 1 amide bonds. The van der Waals surface area contributed by atoms with Crippen molar-refractivity contribution in [1.29, 1.82) is 0 Å². The maximum atomic E-state index is 13.3. The fourth-order valence-corrected chi connectivity index (χ4v) is 6.88. The van der Waals surface area contributed by atoms with Crippen molar-refractivity contribution < 1.29 is 17.7 Å². The number of piperidine rings is 1. The summed E-state index contributed by atoms with van der Waals surface area (Å²) in [5.41, 5.74) is 2.07. The Morgan fingerprint density at radius 2 is 1.74 bits per heavy atom. The summed E-state index contributed by atoms with van der Waals surface area (Å²) in [7, 11) is -1.64. The number of likely N-dealkylation sites (tertiary alicyclic amines) is 1. The highest BCUT2D eigenvalue weighted by Gasteiger charge is 2.30. The molecule has 208 valence electrons. The maximum Gasteiger partial charge on any atom is 0.243 e. The van der Waals surface area contributed by atoms with E-state index in [1.54, 1.807) is 25.1 Å². The van der Waals surface area contributed by atoms with E-state index in [2.05, 4.69) is 41.2 Å². The van der Waals surface area contributed by atoms with Crippen LogP contribution in [0, 0.1) is 12.8 Å². The van der Waals surface area contributed by atoms with E-state index in [0.29, 0.717) is 68.5 Å². The number of sulfonamides is 1. The first-order chi connectivity index (χ1) is 18.7. The third-order valence-electron chi connectivity index (χ3n) is 7.42. The molecule has 0 atom stereocenters. The van der Waals surface area contributed by atoms with Gasteiger partial charge in [0.2, 0.25) is 27.6 Å². The van der Waals surface area contributed by atoms with Gasteiger partial charge in [-0.2, -0.15) is 9.29 Å². The number of halogens is 1. The Labute approximate surface area is 237 Å². The smallest absolute Gasteiger partial charge is 0.243 e. The Morgan fingerprint density at radius 3 is 2.44 bits per heavy atom. The molecule has 2 aliphatic heterocycles. The third-order valence-corrected chi connectivity index (χ3v) is 9.99. The van der Waals surface area contributed by atoms with Gasteiger partial charge in [0.1, 0.15) is 0 Å². The summed E-state index contributed by atoms with van der Waals surface area (Å²) in [5.74, 6) is 0.862. The van der Waals surface area contributed by atoms with Gasteiger partial charge in [-0.05, 0) is 81.9 Å². The lowest BCUT2D eigenvalue weighted by molar-refractivity contribution is -0.121. The molecule has 0 radical (unpaired) electrons. The first kappa shape index (κ1) is 27.9. The molecule has 2 fully saturated rings.